The maximum atomic E-state index is 12.2. The van der Waals surface area contributed by atoms with Crippen LogP contribution in [0.15, 0.2) is 24.3 Å². The van der Waals surface area contributed by atoms with Crippen molar-refractivity contribution in [2.45, 2.75) is 12.2 Å². The van der Waals surface area contributed by atoms with Gasteiger partial charge in [0.05, 0.1) is 5.02 Å². The Morgan fingerprint density at radius 1 is 1.30 bits per heavy atom. The van der Waals surface area contributed by atoms with E-state index in [0.29, 0.717) is 15.6 Å². The lowest BCUT2D eigenvalue weighted by atomic mass is 10.2. The Morgan fingerprint density at radius 2 is 1.96 bits per heavy atom. The van der Waals surface area contributed by atoms with Crippen LogP contribution in [-0.2, 0) is 14.8 Å². The summed E-state index contributed by atoms with van der Waals surface area (Å²) in [4.78, 5) is 13.0. The van der Waals surface area contributed by atoms with Crippen molar-refractivity contribution in [3.05, 3.63) is 29.3 Å². The van der Waals surface area contributed by atoms with Gasteiger partial charge in [-0.25, -0.2) is 8.42 Å². The molecule has 0 radical (unpaired) electrons. The molecule has 2 aromatic rings. The molecule has 1 amide bonds. The number of carbonyl (C=O) groups excluding carboxylic acids is 1. The second-order valence-electron chi connectivity index (χ2n) is 4.91. The molecule has 1 heterocycles. The molecule has 0 saturated heterocycles. The molecular formula is C13H15ClN4O3S2. The molecule has 1 aromatic heterocycles. The van der Waals surface area contributed by atoms with Gasteiger partial charge in [0, 0.05) is 19.7 Å². The summed E-state index contributed by atoms with van der Waals surface area (Å²) in [5, 5.41) is 7.56. The van der Waals surface area contributed by atoms with Crippen molar-refractivity contribution in [3.63, 3.8) is 0 Å². The molecule has 1 atom stereocenters. The molecule has 2 rings (SSSR count). The van der Waals surface area contributed by atoms with Crippen LogP contribution in [0.5, 0.6) is 0 Å². The zero-order valence-electron chi connectivity index (χ0n) is 12.6. The maximum Gasteiger partial charge on any atom is 0.246 e. The number of carbonyl (C=O) groups is 1. The number of amides is 1. The van der Waals surface area contributed by atoms with Crippen LogP contribution in [0.1, 0.15) is 6.92 Å². The summed E-state index contributed by atoms with van der Waals surface area (Å²) >= 11 is 7.12. The molecule has 1 unspecified atom stereocenters. The van der Waals surface area contributed by atoms with Crippen LogP contribution in [-0.4, -0.2) is 48.8 Å². The molecule has 0 aliphatic heterocycles. The lowest BCUT2D eigenvalue weighted by Gasteiger charge is -2.16. The third-order valence-corrected chi connectivity index (χ3v) is 5.95. The van der Waals surface area contributed by atoms with Gasteiger partial charge in [-0.1, -0.05) is 41.1 Å². The summed E-state index contributed by atoms with van der Waals surface area (Å²) in [6, 6.07) is 7.05. The Balaban J connectivity index is 2.22. The number of halogens is 1. The number of sulfonamides is 1. The molecule has 1 aromatic carbocycles. The number of anilines is 1. The van der Waals surface area contributed by atoms with Gasteiger partial charge in [-0.2, -0.15) is 0 Å². The average Bonchev–Trinajstić information content (AvgIpc) is 2.93. The number of nitrogens with zero attached hydrogens (tertiary/aromatic N) is 3. The first kappa shape index (κ1) is 17.6. The number of rotatable bonds is 5. The normalized spacial score (nSPS) is 12.7. The van der Waals surface area contributed by atoms with Gasteiger partial charge in [0.2, 0.25) is 21.1 Å². The van der Waals surface area contributed by atoms with Gasteiger partial charge < -0.3 is 4.90 Å². The Morgan fingerprint density at radius 3 is 2.57 bits per heavy atom. The predicted octanol–water partition coefficient (Wildman–Crippen LogP) is 2.08. The van der Waals surface area contributed by atoms with Crippen LogP contribution in [0.3, 0.4) is 0 Å². The Hall–Kier alpha value is -1.71. The first-order valence-corrected chi connectivity index (χ1v) is 9.27. The fourth-order valence-electron chi connectivity index (χ4n) is 1.71. The van der Waals surface area contributed by atoms with Crippen molar-refractivity contribution in [1.29, 1.82) is 0 Å². The van der Waals surface area contributed by atoms with Gasteiger partial charge in [-0.05, 0) is 13.0 Å². The topological polar surface area (TPSA) is 92.3 Å². The molecule has 0 spiro atoms. The monoisotopic (exact) mass is 374 g/mol. The highest BCUT2D eigenvalue weighted by Gasteiger charge is 2.30. The van der Waals surface area contributed by atoms with Gasteiger partial charge >= 0.3 is 0 Å². The van der Waals surface area contributed by atoms with E-state index in [1.54, 1.807) is 24.3 Å². The summed E-state index contributed by atoms with van der Waals surface area (Å²) in [6.07, 6.45) is 0. The van der Waals surface area contributed by atoms with Crippen molar-refractivity contribution in [2.75, 3.05) is 18.8 Å². The van der Waals surface area contributed by atoms with Crippen molar-refractivity contribution in [3.8, 4) is 10.6 Å². The molecule has 0 aliphatic carbocycles. The molecule has 23 heavy (non-hydrogen) atoms. The zero-order chi connectivity index (χ0) is 17.2. The average molecular weight is 375 g/mol. The lowest BCUT2D eigenvalue weighted by molar-refractivity contribution is -0.127. The van der Waals surface area contributed by atoms with E-state index in [1.165, 1.54) is 25.9 Å². The molecule has 124 valence electrons. The first-order chi connectivity index (χ1) is 10.7. The van der Waals surface area contributed by atoms with Gasteiger partial charge in [-0.3, -0.25) is 9.52 Å². The number of hydrogen-bond donors (Lipinski definition) is 1. The van der Waals surface area contributed by atoms with E-state index in [0.717, 1.165) is 11.3 Å². The quantitative estimate of drug-likeness (QED) is 0.864. The smallest absolute Gasteiger partial charge is 0.246 e. The largest absolute Gasteiger partial charge is 0.348 e. The van der Waals surface area contributed by atoms with E-state index in [1.807, 2.05) is 0 Å². The van der Waals surface area contributed by atoms with Crippen molar-refractivity contribution in [2.24, 2.45) is 0 Å². The zero-order valence-corrected chi connectivity index (χ0v) is 15.0. The summed E-state index contributed by atoms with van der Waals surface area (Å²) in [5.41, 5.74) is 0.662. The van der Waals surface area contributed by atoms with E-state index < -0.39 is 21.2 Å². The molecule has 7 nitrogen and oxygen atoms in total. The van der Waals surface area contributed by atoms with Gasteiger partial charge in [-0.15, -0.1) is 10.2 Å². The second kappa shape index (κ2) is 6.81. The SMILES string of the molecule is CC(C(=O)N(C)C)S(=O)(=O)Nc1nnc(-c2ccccc2Cl)s1. The molecule has 0 aliphatic rings. The van der Waals surface area contributed by atoms with Crippen molar-refractivity contribution >= 4 is 44.0 Å². The number of aromatic nitrogens is 2. The van der Waals surface area contributed by atoms with Gasteiger partial charge in [0.15, 0.2) is 10.3 Å². The van der Waals surface area contributed by atoms with Crippen LogP contribution >= 0.6 is 22.9 Å². The highest BCUT2D eigenvalue weighted by molar-refractivity contribution is 7.94. The summed E-state index contributed by atoms with van der Waals surface area (Å²) in [6.45, 7) is 1.32. The Bertz CT molecular complexity index is 820. The highest BCUT2D eigenvalue weighted by Crippen LogP contribution is 2.32. The van der Waals surface area contributed by atoms with Gasteiger partial charge in [0.25, 0.3) is 0 Å². The van der Waals surface area contributed by atoms with E-state index in [-0.39, 0.29) is 5.13 Å². The van der Waals surface area contributed by atoms with E-state index >= 15 is 0 Å². The van der Waals surface area contributed by atoms with Crippen LogP contribution < -0.4 is 4.72 Å². The lowest BCUT2D eigenvalue weighted by Crippen LogP contribution is -2.39. The van der Waals surface area contributed by atoms with Crippen molar-refractivity contribution < 1.29 is 13.2 Å². The molecule has 0 saturated carbocycles. The molecule has 10 heteroatoms. The minimum Gasteiger partial charge on any atom is -0.348 e. The predicted molar refractivity (Wildman–Crippen MR) is 91.1 cm³/mol. The molecule has 0 bridgehead atoms. The third kappa shape index (κ3) is 3.98. The van der Waals surface area contributed by atoms with Crippen molar-refractivity contribution in [1.82, 2.24) is 15.1 Å². The van der Waals surface area contributed by atoms with E-state index in [2.05, 4.69) is 14.9 Å². The van der Waals surface area contributed by atoms with Gasteiger partial charge in [0.1, 0.15) is 0 Å². The minimum atomic E-state index is -3.90. The third-order valence-electron chi connectivity index (χ3n) is 3.01. The fraction of sp³-hybridized carbons (Fsp3) is 0.308. The van der Waals surface area contributed by atoms with Crippen LogP contribution in [0, 0.1) is 0 Å². The highest BCUT2D eigenvalue weighted by atomic mass is 35.5. The van der Waals surface area contributed by atoms with Crippen LogP contribution in [0.4, 0.5) is 5.13 Å². The Labute approximate surface area is 143 Å². The fourth-order valence-corrected chi connectivity index (χ4v) is 4.08. The standard InChI is InChI=1S/C13H15ClN4O3S2/c1-8(12(19)18(2)3)23(20,21)17-13-16-15-11(22-13)9-6-4-5-7-10(9)14/h4-8H,1-3H3,(H,16,17). The van der Waals surface area contributed by atoms with Crippen LogP contribution in [0.2, 0.25) is 5.02 Å². The maximum absolute atomic E-state index is 12.2. The summed E-state index contributed by atoms with van der Waals surface area (Å²) in [7, 11) is -0.913. The number of nitrogens with one attached hydrogen (secondary N) is 1. The summed E-state index contributed by atoms with van der Waals surface area (Å²) < 4.78 is 26.7. The molecule has 1 N–H and O–H groups in total. The minimum absolute atomic E-state index is 0.0818. The summed E-state index contributed by atoms with van der Waals surface area (Å²) in [5.74, 6) is -0.520. The van der Waals surface area contributed by atoms with E-state index in [4.69, 9.17) is 11.6 Å². The second-order valence-corrected chi connectivity index (χ2v) is 8.30. The Kier molecular flexibility index (Phi) is 5.23. The van der Waals surface area contributed by atoms with E-state index in [9.17, 15) is 13.2 Å². The number of benzene rings is 1. The first-order valence-electron chi connectivity index (χ1n) is 6.53. The molecule has 0 fully saturated rings. The molecular weight excluding hydrogens is 360 g/mol. The number of hydrogen-bond acceptors (Lipinski definition) is 6. The van der Waals surface area contributed by atoms with Crippen LogP contribution in [0.25, 0.3) is 10.6 Å².